The second kappa shape index (κ2) is 7.71. The lowest BCUT2D eigenvalue weighted by Crippen LogP contribution is -2.29. The van der Waals surface area contributed by atoms with E-state index in [-0.39, 0.29) is 17.6 Å². The standard InChI is InChI=1S/C16H20ClN5O3/c1-24-14-8-15(25-2)12(7-11(14)17)19-16(23)13-9-22(21-20-13)10-3-5-18-6-4-10/h7-10,18H,3-6H2,1-2H3,(H,19,23). The molecule has 0 atom stereocenters. The van der Waals surface area contributed by atoms with Gasteiger partial charge in [-0.25, -0.2) is 4.68 Å². The summed E-state index contributed by atoms with van der Waals surface area (Å²) in [4.78, 5) is 12.5. The minimum absolute atomic E-state index is 0.243. The van der Waals surface area contributed by atoms with Crippen molar-refractivity contribution in [1.29, 1.82) is 0 Å². The van der Waals surface area contributed by atoms with Crippen LogP contribution in [-0.4, -0.2) is 48.2 Å². The van der Waals surface area contributed by atoms with Crippen molar-refractivity contribution < 1.29 is 14.3 Å². The Labute approximate surface area is 150 Å². The Morgan fingerprint density at radius 1 is 1.28 bits per heavy atom. The third-order valence-electron chi connectivity index (χ3n) is 4.15. The molecular weight excluding hydrogens is 346 g/mol. The largest absolute Gasteiger partial charge is 0.495 e. The van der Waals surface area contributed by atoms with Gasteiger partial charge in [0.2, 0.25) is 0 Å². The van der Waals surface area contributed by atoms with Crippen LogP contribution in [0.15, 0.2) is 18.3 Å². The summed E-state index contributed by atoms with van der Waals surface area (Å²) in [5.74, 6) is 0.536. The fraction of sp³-hybridized carbons (Fsp3) is 0.438. The number of nitrogens with one attached hydrogen (secondary N) is 2. The number of methoxy groups -OCH3 is 2. The molecule has 2 N–H and O–H groups in total. The summed E-state index contributed by atoms with van der Waals surface area (Å²) in [6, 6.07) is 3.46. The van der Waals surface area contributed by atoms with Crippen LogP contribution >= 0.6 is 11.6 Å². The zero-order valence-corrected chi connectivity index (χ0v) is 14.8. The molecule has 2 aromatic rings. The first-order chi connectivity index (χ1) is 12.1. The van der Waals surface area contributed by atoms with Crippen molar-refractivity contribution in [3.63, 3.8) is 0 Å². The molecule has 3 rings (SSSR count). The summed E-state index contributed by atoms with van der Waals surface area (Å²) in [5, 5.41) is 14.5. The van der Waals surface area contributed by atoms with Gasteiger partial charge < -0.3 is 20.1 Å². The van der Waals surface area contributed by atoms with Crippen molar-refractivity contribution >= 4 is 23.2 Å². The summed E-state index contributed by atoms with van der Waals surface area (Å²) in [5.41, 5.74) is 0.683. The zero-order valence-electron chi connectivity index (χ0n) is 14.1. The average molecular weight is 366 g/mol. The van der Waals surface area contributed by atoms with E-state index in [2.05, 4.69) is 20.9 Å². The topological polar surface area (TPSA) is 90.3 Å². The summed E-state index contributed by atoms with van der Waals surface area (Å²) < 4.78 is 12.2. The van der Waals surface area contributed by atoms with Crippen molar-refractivity contribution in [2.45, 2.75) is 18.9 Å². The summed E-state index contributed by atoms with van der Waals surface area (Å²) >= 11 is 6.12. The number of ether oxygens (including phenoxy) is 2. The van der Waals surface area contributed by atoms with E-state index < -0.39 is 0 Å². The molecule has 0 radical (unpaired) electrons. The number of carbonyl (C=O) groups is 1. The molecule has 0 spiro atoms. The maximum absolute atomic E-state index is 12.5. The number of aromatic nitrogens is 3. The molecular formula is C16H20ClN5O3. The van der Waals surface area contributed by atoms with Crippen LogP contribution in [0.25, 0.3) is 0 Å². The fourth-order valence-corrected chi connectivity index (χ4v) is 3.02. The second-order valence-corrected chi connectivity index (χ2v) is 6.11. The summed E-state index contributed by atoms with van der Waals surface area (Å²) in [6.07, 6.45) is 3.60. The van der Waals surface area contributed by atoms with Crippen molar-refractivity contribution in [1.82, 2.24) is 20.3 Å². The van der Waals surface area contributed by atoms with Crippen molar-refractivity contribution in [3.05, 3.63) is 29.0 Å². The average Bonchev–Trinajstić information content (AvgIpc) is 3.13. The predicted octanol–water partition coefficient (Wildman–Crippen LogP) is 2.13. The van der Waals surface area contributed by atoms with Crippen LogP contribution < -0.4 is 20.1 Å². The van der Waals surface area contributed by atoms with Gasteiger partial charge in [-0.1, -0.05) is 16.8 Å². The molecule has 1 aliphatic rings. The molecule has 1 aliphatic heterocycles. The number of carbonyl (C=O) groups excluding carboxylic acids is 1. The molecule has 2 heterocycles. The Hall–Kier alpha value is -2.32. The van der Waals surface area contributed by atoms with E-state index in [4.69, 9.17) is 21.1 Å². The van der Waals surface area contributed by atoms with Gasteiger partial charge in [-0.2, -0.15) is 0 Å². The Morgan fingerprint density at radius 2 is 2.00 bits per heavy atom. The van der Waals surface area contributed by atoms with Crippen LogP contribution in [0.3, 0.4) is 0 Å². The lowest BCUT2D eigenvalue weighted by molar-refractivity contribution is 0.102. The van der Waals surface area contributed by atoms with Gasteiger partial charge in [-0.3, -0.25) is 4.79 Å². The van der Waals surface area contributed by atoms with E-state index >= 15 is 0 Å². The van der Waals surface area contributed by atoms with Gasteiger partial charge in [0, 0.05) is 6.07 Å². The quantitative estimate of drug-likeness (QED) is 0.843. The first-order valence-corrected chi connectivity index (χ1v) is 8.35. The van der Waals surface area contributed by atoms with E-state index in [1.54, 1.807) is 23.0 Å². The van der Waals surface area contributed by atoms with E-state index in [1.165, 1.54) is 14.2 Å². The predicted molar refractivity (Wildman–Crippen MR) is 93.7 cm³/mol. The number of halogens is 1. The number of benzene rings is 1. The molecule has 25 heavy (non-hydrogen) atoms. The van der Waals surface area contributed by atoms with Gasteiger partial charge in [-0.05, 0) is 32.0 Å². The van der Waals surface area contributed by atoms with Gasteiger partial charge in [-0.15, -0.1) is 5.10 Å². The molecule has 0 aliphatic carbocycles. The van der Waals surface area contributed by atoms with Crippen molar-refractivity contribution in [3.8, 4) is 11.5 Å². The molecule has 1 fully saturated rings. The Morgan fingerprint density at radius 3 is 2.68 bits per heavy atom. The number of piperidine rings is 1. The van der Waals surface area contributed by atoms with Crippen LogP contribution in [0, 0.1) is 0 Å². The highest BCUT2D eigenvalue weighted by molar-refractivity contribution is 6.32. The summed E-state index contributed by atoms with van der Waals surface area (Å²) in [6.45, 7) is 1.88. The Balaban J connectivity index is 1.76. The number of hydrogen-bond donors (Lipinski definition) is 2. The first kappa shape index (κ1) is 17.5. The van der Waals surface area contributed by atoms with Crippen molar-refractivity contribution in [2.75, 3.05) is 32.6 Å². The van der Waals surface area contributed by atoms with E-state index in [9.17, 15) is 4.79 Å². The molecule has 1 aromatic heterocycles. The number of rotatable bonds is 5. The molecule has 9 heteroatoms. The maximum Gasteiger partial charge on any atom is 0.277 e. The normalized spacial score (nSPS) is 15.0. The smallest absolute Gasteiger partial charge is 0.277 e. The number of hydrogen-bond acceptors (Lipinski definition) is 6. The highest BCUT2D eigenvalue weighted by Gasteiger charge is 2.20. The van der Waals surface area contributed by atoms with E-state index in [0.29, 0.717) is 22.2 Å². The molecule has 1 aromatic carbocycles. The summed E-state index contributed by atoms with van der Waals surface area (Å²) in [7, 11) is 3.02. The van der Waals surface area contributed by atoms with Gasteiger partial charge >= 0.3 is 0 Å². The van der Waals surface area contributed by atoms with Gasteiger partial charge in [0.1, 0.15) is 11.5 Å². The second-order valence-electron chi connectivity index (χ2n) is 5.71. The first-order valence-electron chi connectivity index (χ1n) is 7.97. The van der Waals surface area contributed by atoms with Gasteiger partial charge in [0.15, 0.2) is 5.69 Å². The SMILES string of the molecule is COc1cc(OC)c(NC(=O)c2cn(C3CCNCC3)nn2)cc1Cl. The Kier molecular flexibility index (Phi) is 5.40. The number of nitrogens with zero attached hydrogens (tertiary/aromatic N) is 3. The zero-order chi connectivity index (χ0) is 17.8. The molecule has 8 nitrogen and oxygen atoms in total. The minimum atomic E-state index is -0.375. The third kappa shape index (κ3) is 3.85. The van der Waals surface area contributed by atoms with Crippen LogP contribution in [0.1, 0.15) is 29.4 Å². The monoisotopic (exact) mass is 365 g/mol. The van der Waals surface area contributed by atoms with E-state index in [0.717, 1.165) is 25.9 Å². The van der Waals surface area contributed by atoms with Crippen LogP contribution in [0.4, 0.5) is 5.69 Å². The van der Waals surface area contributed by atoms with E-state index in [1.807, 2.05) is 0 Å². The van der Waals surface area contributed by atoms with Gasteiger partial charge in [0.05, 0.1) is 37.2 Å². The maximum atomic E-state index is 12.5. The number of anilines is 1. The Bertz CT molecular complexity index is 758. The van der Waals surface area contributed by atoms with Crippen LogP contribution in [0.5, 0.6) is 11.5 Å². The third-order valence-corrected chi connectivity index (χ3v) is 4.44. The minimum Gasteiger partial charge on any atom is -0.495 e. The van der Waals surface area contributed by atoms with Crippen LogP contribution in [-0.2, 0) is 0 Å². The highest BCUT2D eigenvalue weighted by Crippen LogP contribution is 2.36. The fourth-order valence-electron chi connectivity index (χ4n) is 2.77. The molecule has 0 saturated carbocycles. The lowest BCUT2D eigenvalue weighted by Gasteiger charge is -2.22. The lowest BCUT2D eigenvalue weighted by atomic mass is 10.1. The molecule has 0 bridgehead atoms. The number of amides is 1. The van der Waals surface area contributed by atoms with Crippen molar-refractivity contribution in [2.24, 2.45) is 0 Å². The molecule has 134 valence electrons. The highest BCUT2D eigenvalue weighted by atomic mass is 35.5. The molecule has 1 amide bonds. The van der Waals surface area contributed by atoms with Gasteiger partial charge in [0.25, 0.3) is 5.91 Å². The van der Waals surface area contributed by atoms with Crippen LogP contribution in [0.2, 0.25) is 5.02 Å². The molecule has 1 saturated heterocycles. The molecule has 0 unspecified atom stereocenters.